The zero-order valence-corrected chi connectivity index (χ0v) is 25.3. The number of nitrogen functional groups attached to an aromatic ring is 1. The maximum atomic E-state index is 14.2. The van der Waals surface area contributed by atoms with Crippen LogP contribution in [-0.4, -0.2) is 27.9 Å². The van der Waals surface area contributed by atoms with E-state index in [2.05, 4.69) is 5.32 Å². The van der Waals surface area contributed by atoms with Crippen LogP contribution < -0.4 is 11.1 Å². The van der Waals surface area contributed by atoms with Crippen LogP contribution in [0.25, 0.3) is 0 Å². The second-order valence-electron chi connectivity index (χ2n) is 7.66. The number of rotatable bonds is 5. The highest BCUT2D eigenvalue weighted by molar-refractivity contribution is 9.10. The van der Waals surface area contributed by atoms with Crippen LogP contribution in [-0.2, 0) is 16.1 Å². The maximum absolute atomic E-state index is 14.2. The summed E-state index contributed by atoms with van der Waals surface area (Å²) in [5.74, 6) is -0.662. The average Bonchev–Trinajstić information content (AvgIpc) is 2.75. The number of hydrogen-bond donors (Lipinski definition) is 2. The molecule has 3 N–H and O–H groups in total. The fraction of sp³-hybridized carbons (Fsp3) is 0.350. The third kappa shape index (κ3) is 7.75. The number of carbonyl (C=O) groups excluding carboxylic acids is 1. The third-order valence-corrected chi connectivity index (χ3v) is 7.09. The Morgan fingerprint density at radius 2 is 0.927 bits per heavy atom. The standard InChI is InChI=1S/C11H6BrCl2F6NO.C9H4BrCl2F6N/c1-4(22)21-8-6(13)2-5(3-7(8)14)9(15,10(12,16)17)11(18,19)20;10-8(14,15)7(13,9(16,17)18)3-1-4(11)6(19)5(12)2-3/h2-3H,1H3,(H,21,22);1-2H,19H2. The van der Waals surface area contributed by atoms with E-state index in [1.54, 1.807) is 0 Å². The summed E-state index contributed by atoms with van der Waals surface area (Å²) in [5.41, 5.74) is -8.44. The van der Waals surface area contributed by atoms with Crippen LogP contribution in [0.2, 0.25) is 20.1 Å². The number of nitrogens with one attached hydrogen (secondary N) is 1. The lowest BCUT2D eigenvalue weighted by Gasteiger charge is -2.32. The zero-order chi connectivity index (χ0) is 32.7. The minimum atomic E-state index is -5.96. The summed E-state index contributed by atoms with van der Waals surface area (Å²) in [4.78, 5) is 1.02. The largest absolute Gasteiger partial charge is 0.433 e. The molecule has 2 atom stereocenters. The molecule has 0 saturated carbocycles. The Kier molecular flexibility index (Phi) is 11.6. The van der Waals surface area contributed by atoms with Gasteiger partial charge in [0.15, 0.2) is 0 Å². The molecule has 0 aliphatic heterocycles. The molecule has 2 unspecified atom stereocenters. The molecule has 0 fully saturated rings. The molecule has 0 heterocycles. The van der Waals surface area contributed by atoms with Gasteiger partial charge in [-0.25, -0.2) is 8.78 Å². The van der Waals surface area contributed by atoms with Crippen molar-refractivity contribution in [3.63, 3.8) is 0 Å². The first-order valence-electron chi connectivity index (χ1n) is 9.70. The second kappa shape index (κ2) is 12.5. The molecule has 0 spiro atoms. The lowest BCUT2D eigenvalue weighted by molar-refractivity contribution is -0.282. The van der Waals surface area contributed by atoms with Crippen molar-refractivity contribution in [3.05, 3.63) is 55.5 Å². The van der Waals surface area contributed by atoms with E-state index in [1.807, 2.05) is 0 Å². The van der Waals surface area contributed by atoms with Crippen molar-refractivity contribution in [3.8, 4) is 0 Å². The molecule has 21 heteroatoms. The zero-order valence-electron chi connectivity index (χ0n) is 19.1. The SMILES string of the molecule is CC(=O)Nc1c(Cl)cc(C(F)(C(F)(F)F)C(F)(F)Br)cc1Cl.Nc1c(Cl)cc(C(F)(C(F)(F)F)C(F)(F)Br)cc1Cl. The molecule has 0 aromatic heterocycles. The number of amides is 1. The Morgan fingerprint density at radius 3 is 1.15 bits per heavy atom. The Labute approximate surface area is 258 Å². The van der Waals surface area contributed by atoms with Crippen molar-refractivity contribution in [2.75, 3.05) is 11.1 Å². The van der Waals surface area contributed by atoms with E-state index >= 15 is 0 Å². The highest BCUT2D eigenvalue weighted by Crippen LogP contribution is 2.57. The van der Waals surface area contributed by atoms with Crippen LogP contribution in [0.15, 0.2) is 24.3 Å². The highest BCUT2D eigenvalue weighted by Gasteiger charge is 2.72. The van der Waals surface area contributed by atoms with Gasteiger partial charge in [0.05, 0.1) is 31.5 Å². The minimum absolute atomic E-state index is 0.318. The van der Waals surface area contributed by atoms with Gasteiger partial charge in [-0.1, -0.05) is 46.4 Å². The van der Waals surface area contributed by atoms with Crippen molar-refractivity contribution in [2.45, 2.75) is 40.3 Å². The van der Waals surface area contributed by atoms with Crippen LogP contribution in [0.3, 0.4) is 0 Å². The quantitative estimate of drug-likeness (QED) is 0.179. The number of benzene rings is 2. The minimum Gasteiger partial charge on any atom is -0.396 e. The van der Waals surface area contributed by atoms with Gasteiger partial charge in [0.25, 0.3) is 0 Å². The summed E-state index contributed by atoms with van der Waals surface area (Å²) in [6.45, 7) is 1.06. The number of anilines is 2. The molecule has 2 aromatic carbocycles. The van der Waals surface area contributed by atoms with E-state index < -0.39 is 70.5 Å². The first-order chi connectivity index (χ1) is 18.0. The molecule has 1 amide bonds. The Hall–Kier alpha value is -1.01. The van der Waals surface area contributed by atoms with Crippen LogP contribution in [0, 0.1) is 0 Å². The van der Waals surface area contributed by atoms with E-state index in [-0.39, 0.29) is 11.4 Å². The van der Waals surface area contributed by atoms with Crippen LogP contribution in [0.4, 0.5) is 64.1 Å². The van der Waals surface area contributed by atoms with Gasteiger partial charge in [-0.2, -0.15) is 43.9 Å². The van der Waals surface area contributed by atoms with E-state index in [4.69, 9.17) is 52.1 Å². The summed E-state index contributed by atoms with van der Waals surface area (Å²) in [7, 11) is 0. The summed E-state index contributed by atoms with van der Waals surface area (Å²) < 4.78 is 157. The number of nitrogens with two attached hydrogens (primary N) is 1. The summed E-state index contributed by atoms with van der Waals surface area (Å²) in [6.07, 6.45) is -11.9. The predicted molar refractivity (Wildman–Crippen MR) is 137 cm³/mol. The van der Waals surface area contributed by atoms with Crippen molar-refractivity contribution < 1.29 is 57.5 Å². The van der Waals surface area contributed by atoms with Crippen LogP contribution in [0.5, 0.6) is 0 Å². The molecule has 0 aliphatic rings. The number of alkyl halides is 14. The van der Waals surface area contributed by atoms with Gasteiger partial charge in [0, 0.05) is 18.1 Å². The predicted octanol–water partition coefficient (Wildman–Crippen LogP) is 11.0. The van der Waals surface area contributed by atoms with Crippen LogP contribution >= 0.6 is 78.3 Å². The molecular weight excluding hydrogens is 814 g/mol. The number of hydrogen-bond acceptors (Lipinski definition) is 2. The number of carbonyl (C=O) groups is 1. The fourth-order valence-electron chi connectivity index (χ4n) is 2.83. The maximum Gasteiger partial charge on any atom is 0.433 e. The Morgan fingerprint density at radius 1 is 0.659 bits per heavy atom. The highest BCUT2D eigenvalue weighted by atomic mass is 79.9. The van der Waals surface area contributed by atoms with Gasteiger partial charge in [0.1, 0.15) is 0 Å². The Bertz CT molecular complexity index is 1220. The van der Waals surface area contributed by atoms with E-state index in [1.165, 1.54) is 31.9 Å². The van der Waals surface area contributed by atoms with Crippen molar-refractivity contribution in [1.82, 2.24) is 0 Å². The van der Waals surface area contributed by atoms with Gasteiger partial charge in [-0.15, -0.1) is 0 Å². The van der Waals surface area contributed by atoms with Gasteiger partial charge in [-0.05, 0) is 56.1 Å². The van der Waals surface area contributed by atoms with E-state index in [0.717, 1.165) is 6.92 Å². The molecule has 0 saturated heterocycles. The molecule has 232 valence electrons. The lowest BCUT2D eigenvalue weighted by atomic mass is 9.95. The van der Waals surface area contributed by atoms with Gasteiger partial charge in [-0.3, -0.25) is 4.79 Å². The summed E-state index contributed by atoms with van der Waals surface area (Å²) in [6, 6.07) is 1.35. The van der Waals surface area contributed by atoms with Gasteiger partial charge >= 0.3 is 33.4 Å². The molecule has 0 radical (unpaired) electrons. The fourth-order valence-corrected chi connectivity index (χ4v) is 4.80. The first kappa shape index (κ1) is 38.0. The smallest absolute Gasteiger partial charge is 0.396 e. The monoisotopic (exact) mass is 820 g/mol. The average molecular weight is 824 g/mol. The second-order valence-corrected chi connectivity index (χ2v) is 11.3. The molecule has 3 nitrogen and oxygen atoms in total. The van der Waals surface area contributed by atoms with Crippen LogP contribution in [0.1, 0.15) is 18.1 Å². The van der Waals surface area contributed by atoms with Gasteiger partial charge in [0.2, 0.25) is 5.91 Å². The molecule has 2 rings (SSSR count). The summed E-state index contributed by atoms with van der Waals surface area (Å²) in [5, 5.41) is -0.286. The molecule has 41 heavy (non-hydrogen) atoms. The summed E-state index contributed by atoms with van der Waals surface area (Å²) >= 11 is 24.8. The van der Waals surface area contributed by atoms with Crippen molar-refractivity contribution in [1.29, 1.82) is 0 Å². The molecule has 0 bridgehead atoms. The van der Waals surface area contributed by atoms with E-state index in [9.17, 15) is 57.5 Å². The van der Waals surface area contributed by atoms with Crippen molar-refractivity contribution >= 4 is 95.5 Å². The topological polar surface area (TPSA) is 55.1 Å². The first-order valence-corrected chi connectivity index (χ1v) is 12.8. The van der Waals surface area contributed by atoms with Gasteiger partial charge < -0.3 is 11.1 Å². The van der Waals surface area contributed by atoms with E-state index in [0.29, 0.717) is 24.3 Å². The third-order valence-electron chi connectivity index (χ3n) is 4.78. The number of halogens is 18. The Balaban J connectivity index is 0.000000414. The molecule has 0 aliphatic carbocycles. The molecular formula is C20H10Br2Cl4F12N2O. The lowest BCUT2D eigenvalue weighted by Crippen LogP contribution is -2.49. The van der Waals surface area contributed by atoms with Crippen molar-refractivity contribution in [2.24, 2.45) is 0 Å². The normalized spacial score (nSPS) is 15.8. The molecule has 2 aromatic rings.